The van der Waals surface area contributed by atoms with Crippen LogP contribution in [-0.4, -0.2) is 24.5 Å². The number of nitriles is 1. The number of nitrogens with zero attached hydrogens (tertiary/aromatic N) is 1. The maximum absolute atomic E-state index is 12.9. The largest absolute Gasteiger partial charge is 0.483 e. The molecule has 3 aromatic rings. The van der Waals surface area contributed by atoms with Gasteiger partial charge in [0.15, 0.2) is 6.61 Å². The number of hydrogen-bond donors (Lipinski definition) is 2. The number of rotatable bonds is 6. The molecule has 29 heavy (non-hydrogen) atoms. The molecule has 0 spiro atoms. The first-order valence-electron chi connectivity index (χ1n) is 9.23. The van der Waals surface area contributed by atoms with E-state index < -0.39 is 0 Å². The zero-order valence-corrected chi connectivity index (χ0v) is 16.2. The predicted octanol–water partition coefficient (Wildman–Crippen LogP) is 3.87. The highest BCUT2D eigenvalue weighted by molar-refractivity contribution is 6.08. The molecule has 2 amide bonds. The monoisotopic (exact) mass is 387 g/mol. The number of ether oxygens (including phenoxy) is 1. The van der Waals surface area contributed by atoms with Gasteiger partial charge in [-0.2, -0.15) is 5.26 Å². The Bertz CT molecular complexity index is 1100. The number of amides is 2. The third-order valence-electron chi connectivity index (χ3n) is 4.15. The molecule has 0 saturated carbocycles. The van der Waals surface area contributed by atoms with E-state index in [0.29, 0.717) is 22.6 Å². The second-order valence-electron chi connectivity index (χ2n) is 6.85. The van der Waals surface area contributed by atoms with Gasteiger partial charge in [0.1, 0.15) is 5.75 Å². The van der Waals surface area contributed by atoms with Gasteiger partial charge in [0.25, 0.3) is 11.8 Å². The number of anilines is 1. The van der Waals surface area contributed by atoms with Crippen LogP contribution in [0.1, 0.15) is 29.8 Å². The van der Waals surface area contributed by atoms with Gasteiger partial charge in [-0.1, -0.05) is 30.3 Å². The van der Waals surface area contributed by atoms with Gasteiger partial charge in [-0.05, 0) is 55.0 Å². The van der Waals surface area contributed by atoms with Crippen LogP contribution in [0.25, 0.3) is 10.8 Å². The van der Waals surface area contributed by atoms with Crippen molar-refractivity contribution < 1.29 is 14.3 Å². The summed E-state index contributed by atoms with van der Waals surface area (Å²) in [4.78, 5) is 24.9. The molecule has 0 bridgehead atoms. The number of nitrogens with one attached hydrogen (secondary N) is 2. The molecule has 2 N–H and O–H groups in total. The van der Waals surface area contributed by atoms with Crippen molar-refractivity contribution in [3.63, 3.8) is 0 Å². The average molecular weight is 387 g/mol. The molecule has 0 atom stereocenters. The van der Waals surface area contributed by atoms with E-state index in [4.69, 9.17) is 10.00 Å². The highest BCUT2D eigenvalue weighted by Gasteiger charge is 2.16. The molecule has 3 rings (SSSR count). The molecule has 146 valence electrons. The Kier molecular flexibility index (Phi) is 6.10. The summed E-state index contributed by atoms with van der Waals surface area (Å²) in [6.07, 6.45) is 0. The van der Waals surface area contributed by atoms with Gasteiger partial charge in [0.05, 0.1) is 17.2 Å². The van der Waals surface area contributed by atoms with E-state index in [0.717, 1.165) is 10.8 Å². The molecule has 0 unspecified atom stereocenters. The lowest BCUT2D eigenvalue weighted by molar-refractivity contribution is -0.123. The third-order valence-corrected chi connectivity index (χ3v) is 4.15. The quantitative estimate of drug-likeness (QED) is 0.672. The van der Waals surface area contributed by atoms with Crippen LogP contribution in [0.5, 0.6) is 5.75 Å². The van der Waals surface area contributed by atoms with Crippen LogP contribution in [0.3, 0.4) is 0 Å². The Labute approximate surface area is 169 Å². The van der Waals surface area contributed by atoms with Crippen LogP contribution in [0.15, 0.2) is 60.7 Å². The fourth-order valence-electron chi connectivity index (χ4n) is 2.89. The van der Waals surface area contributed by atoms with Crippen LogP contribution in [0, 0.1) is 11.3 Å². The number of carbonyl (C=O) groups excluding carboxylic acids is 2. The molecule has 0 heterocycles. The van der Waals surface area contributed by atoms with Gasteiger partial charge in [-0.15, -0.1) is 0 Å². The fraction of sp³-hybridized carbons (Fsp3) is 0.174. The van der Waals surface area contributed by atoms with E-state index in [-0.39, 0.29) is 24.5 Å². The standard InChI is InChI=1S/C23H21N3O3/c1-15(2)25-22(27)14-29-21-12-18-8-4-3-7-17(18)11-20(21)23(28)26-19-9-5-6-16(10-19)13-24/h3-12,15H,14H2,1-2H3,(H,25,27)(H,26,28). The summed E-state index contributed by atoms with van der Waals surface area (Å²) in [6.45, 7) is 3.53. The summed E-state index contributed by atoms with van der Waals surface area (Å²) in [7, 11) is 0. The van der Waals surface area contributed by atoms with Crippen molar-refractivity contribution in [2.45, 2.75) is 19.9 Å². The lowest BCUT2D eigenvalue weighted by atomic mass is 10.0. The highest BCUT2D eigenvalue weighted by Crippen LogP contribution is 2.27. The van der Waals surface area contributed by atoms with Crippen molar-refractivity contribution in [3.8, 4) is 11.8 Å². The Morgan fingerprint density at radius 3 is 2.45 bits per heavy atom. The van der Waals surface area contributed by atoms with Crippen molar-refractivity contribution >= 4 is 28.3 Å². The molecular formula is C23H21N3O3. The second-order valence-corrected chi connectivity index (χ2v) is 6.85. The summed E-state index contributed by atoms with van der Waals surface area (Å²) >= 11 is 0. The van der Waals surface area contributed by atoms with Crippen LogP contribution >= 0.6 is 0 Å². The Hall–Kier alpha value is -3.85. The second kappa shape index (κ2) is 8.89. The van der Waals surface area contributed by atoms with Gasteiger partial charge in [-0.25, -0.2) is 0 Å². The van der Waals surface area contributed by atoms with Gasteiger partial charge in [0, 0.05) is 11.7 Å². The van der Waals surface area contributed by atoms with Crippen LogP contribution < -0.4 is 15.4 Å². The van der Waals surface area contributed by atoms with Crippen molar-refractivity contribution in [1.29, 1.82) is 5.26 Å². The van der Waals surface area contributed by atoms with Crippen molar-refractivity contribution in [2.75, 3.05) is 11.9 Å². The van der Waals surface area contributed by atoms with E-state index in [2.05, 4.69) is 10.6 Å². The fourth-order valence-corrected chi connectivity index (χ4v) is 2.89. The minimum Gasteiger partial charge on any atom is -0.483 e. The van der Waals surface area contributed by atoms with E-state index in [1.165, 1.54) is 0 Å². The van der Waals surface area contributed by atoms with Crippen molar-refractivity contribution in [2.24, 2.45) is 0 Å². The first-order chi connectivity index (χ1) is 14.0. The molecular weight excluding hydrogens is 366 g/mol. The lowest BCUT2D eigenvalue weighted by Gasteiger charge is -2.14. The SMILES string of the molecule is CC(C)NC(=O)COc1cc2ccccc2cc1C(=O)Nc1cccc(C#N)c1. The Balaban J connectivity index is 1.90. The van der Waals surface area contributed by atoms with Crippen molar-refractivity contribution in [1.82, 2.24) is 5.32 Å². The maximum atomic E-state index is 12.9. The first-order valence-corrected chi connectivity index (χ1v) is 9.23. The molecule has 0 aliphatic heterocycles. The number of fused-ring (bicyclic) bond motifs is 1. The molecule has 6 nitrogen and oxygen atoms in total. The zero-order valence-electron chi connectivity index (χ0n) is 16.2. The normalized spacial score (nSPS) is 10.4. The summed E-state index contributed by atoms with van der Waals surface area (Å²) < 4.78 is 5.69. The Morgan fingerprint density at radius 2 is 1.76 bits per heavy atom. The number of benzene rings is 3. The third kappa shape index (κ3) is 5.11. The van der Waals surface area contributed by atoms with Crippen LogP contribution in [0.2, 0.25) is 0 Å². The van der Waals surface area contributed by atoms with Crippen LogP contribution in [-0.2, 0) is 4.79 Å². The molecule has 0 aliphatic rings. The van der Waals surface area contributed by atoms with Crippen LogP contribution in [0.4, 0.5) is 5.69 Å². The van der Waals surface area contributed by atoms with Gasteiger partial charge >= 0.3 is 0 Å². The molecule has 0 saturated heterocycles. The van der Waals surface area contributed by atoms with Gasteiger partial charge in [-0.3, -0.25) is 9.59 Å². The summed E-state index contributed by atoms with van der Waals surface area (Å²) in [5.74, 6) is -0.331. The molecule has 6 heteroatoms. The highest BCUT2D eigenvalue weighted by atomic mass is 16.5. The van der Waals surface area contributed by atoms with E-state index in [1.54, 1.807) is 36.4 Å². The molecule has 0 aliphatic carbocycles. The lowest BCUT2D eigenvalue weighted by Crippen LogP contribution is -2.34. The smallest absolute Gasteiger partial charge is 0.259 e. The molecule has 0 radical (unpaired) electrons. The van der Waals surface area contributed by atoms with E-state index in [1.807, 2.05) is 44.2 Å². The first kappa shape index (κ1) is 19.9. The van der Waals surface area contributed by atoms with Crippen molar-refractivity contribution in [3.05, 3.63) is 71.8 Å². The molecule has 0 aromatic heterocycles. The van der Waals surface area contributed by atoms with Gasteiger partial charge < -0.3 is 15.4 Å². The maximum Gasteiger partial charge on any atom is 0.259 e. The predicted molar refractivity (Wildman–Crippen MR) is 112 cm³/mol. The number of hydrogen-bond acceptors (Lipinski definition) is 4. The van der Waals surface area contributed by atoms with E-state index in [9.17, 15) is 9.59 Å². The minimum absolute atomic E-state index is 0.00196. The minimum atomic E-state index is -0.384. The topological polar surface area (TPSA) is 91.2 Å². The Morgan fingerprint density at radius 1 is 1.03 bits per heavy atom. The molecule has 0 fully saturated rings. The zero-order chi connectivity index (χ0) is 20.8. The summed E-state index contributed by atoms with van der Waals surface area (Å²) in [5, 5.41) is 16.4. The summed E-state index contributed by atoms with van der Waals surface area (Å²) in [5.41, 5.74) is 1.26. The van der Waals surface area contributed by atoms with Gasteiger partial charge in [0.2, 0.25) is 0 Å². The molecule has 3 aromatic carbocycles. The average Bonchev–Trinajstić information content (AvgIpc) is 2.71. The van der Waals surface area contributed by atoms with E-state index >= 15 is 0 Å². The number of carbonyl (C=O) groups is 2. The summed E-state index contributed by atoms with van der Waals surface area (Å²) in [6, 6.07) is 19.8.